The largest absolute Gasteiger partial charge is 0.350 e. The van der Waals surface area contributed by atoms with Crippen LogP contribution in [0.5, 0.6) is 0 Å². The second-order valence-corrected chi connectivity index (χ2v) is 7.18. The first-order chi connectivity index (χ1) is 11.2. The van der Waals surface area contributed by atoms with E-state index < -0.39 is 0 Å². The van der Waals surface area contributed by atoms with Crippen molar-refractivity contribution in [2.75, 3.05) is 19.6 Å². The molecular weight excluding hydrogens is 304 g/mol. The molecule has 1 amide bonds. The molecule has 1 atom stereocenters. The summed E-state index contributed by atoms with van der Waals surface area (Å²) in [6.07, 6.45) is 3.84. The number of carbonyl (C=O) groups is 1. The third kappa shape index (κ3) is 4.21. The maximum absolute atomic E-state index is 12.4. The molecule has 1 N–H and O–H groups in total. The van der Waals surface area contributed by atoms with Crippen LogP contribution in [0.2, 0.25) is 0 Å². The van der Waals surface area contributed by atoms with Gasteiger partial charge in [-0.2, -0.15) is 0 Å². The first kappa shape index (κ1) is 16.2. The Morgan fingerprint density at radius 3 is 2.57 bits per heavy atom. The normalized spacial score (nSPS) is 16.9. The average molecular weight is 328 g/mol. The number of hydrogen-bond acceptors (Lipinski definition) is 3. The van der Waals surface area contributed by atoms with Gasteiger partial charge in [-0.05, 0) is 56.4 Å². The van der Waals surface area contributed by atoms with Gasteiger partial charge in [0, 0.05) is 17.0 Å². The molecule has 1 aliphatic heterocycles. The summed E-state index contributed by atoms with van der Waals surface area (Å²) in [5, 5.41) is 5.25. The number of piperidine rings is 1. The number of likely N-dealkylation sites (tertiary alicyclic amines) is 1. The lowest BCUT2D eigenvalue weighted by Crippen LogP contribution is -2.40. The molecule has 0 radical (unpaired) electrons. The number of amides is 1. The lowest BCUT2D eigenvalue weighted by Gasteiger charge is -2.34. The highest BCUT2D eigenvalue weighted by atomic mass is 32.1. The molecule has 23 heavy (non-hydrogen) atoms. The minimum atomic E-state index is 0.0172. The highest BCUT2D eigenvalue weighted by molar-refractivity contribution is 7.10. The summed E-state index contributed by atoms with van der Waals surface area (Å²) in [5.41, 5.74) is 1.91. The fourth-order valence-corrected chi connectivity index (χ4v) is 3.98. The monoisotopic (exact) mass is 328 g/mol. The molecular formula is C19H24N2OS. The lowest BCUT2D eigenvalue weighted by molar-refractivity contribution is 0.0925. The molecule has 3 rings (SSSR count). The van der Waals surface area contributed by atoms with Crippen LogP contribution in [0.3, 0.4) is 0 Å². The number of hydrogen-bond donors (Lipinski definition) is 1. The standard InChI is InChI=1S/C19H24N2OS/c1-15-7-9-16(10-8-15)19(22)20-14-17(18-6-5-13-23-18)21-11-3-2-4-12-21/h5-10,13,17H,2-4,11-12,14H2,1H3,(H,20,22)/t17-/m0/s1. The van der Waals surface area contributed by atoms with Gasteiger partial charge in [-0.3, -0.25) is 9.69 Å². The van der Waals surface area contributed by atoms with Crippen LogP contribution >= 0.6 is 11.3 Å². The van der Waals surface area contributed by atoms with E-state index in [9.17, 15) is 4.79 Å². The number of nitrogens with one attached hydrogen (secondary N) is 1. The Hall–Kier alpha value is -1.65. The summed E-state index contributed by atoms with van der Waals surface area (Å²) >= 11 is 1.78. The Kier molecular flexibility index (Phi) is 5.47. The molecule has 0 bridgehead atoms. The fraction of sp³-hybridized carbons (Fsp3) is 0.421. The Labute approximate surface area is 142 Å². The van der Waals surface area contributed by atoms with Crippen molar-refractivity contribution in [2.45, 2.75) is 32.2 Å². The summed E-state index contributed by atoms with van der Waals surface area (Å²) in [6, 6.07) is 12.3. The Morgan fingerprint density at radius 1 is 1.17 bits per heavy atom. The van der Waals surface area contributed by atoms with Gasteiger partial charge >= 0.3 is 0 Å². The molecule has 0 saturated carbocycles. The van der Waals surface area contributed by atoms with Crippen molar-refractivity contribution in [1.82, 2.24) is 10.2 Å². The van der Waals surface area contributed by atoms with E-state index in [-0.39, 0.29) is 5.91 Å². The van der Waals surface area contributed by atoms with E-state index in [2.05, 4.69) is 27.7 Å². The molecule has 1 aliphatic rings. The molecule has 1 aromatic heterocycles. The van der Waals surface area contributed by atoms with Crippen molar-refractivity contribution in [3.05, 3.63) is 57.8 Å². The van der Waals surface area contributed by atoms with Gasteiger partial charge in [0.1, 0.15) is 0 Å². The molecule has 122 valence electrons. The van der Waals surface area contributed by atoms with Crippen molar-refractivity contribution in [3.63, 3.8) is 0 Å². The van der Waals surface area contributed by atoms with Crippen molar-refractivity contribution >= 4 is 17.2 Å². The number of thiophene rings is 1. The lowest BCUT2D eigenvalue weighted by atomic mass is 10.1. The van der Waals surface area contributed by atoms with E-state index in [1.165, 1.54) is 29.7 Å². The zero-order chi connectivity index (χ0) is 16.1. The number of rotatable bonds is 5. The topological polar surface area (TPSA) is 32.3 Å². The molecule has 0 spiro atoms. The van der Waals surface area contributed by atoms with Crippen LogP contribution < -0.4 is 5.32 Å². The molecule has 1 aromatic carbocycles. The highest BCUT2D eigenvalue weighted by Crippen LogP contribution is 2.27. The van der Waals surface area contributed by atoms with Gasteiger partial charge < -0.3 is 5.32 Å². The predicted octanol–water partition coefficient (Wildman–Crippen LogP) is 4.01. The van der Waals surface area contributed by atoms with Gasteiger partial charge in [-0.25, -0.2) is 0 Å². The van der Waals surface area contributed by atoms with E-state index in [1.54, 1.807) is 11.3 Å². The van der Waals surface area contributed by atoms with E-state index in [0.717, 1.165) is 18.7 Å². The SMILES string of the molecule is Cc1ccc(C(=O)NC[C@@H](c2cccs2)N2CCCCC2)cc1. The van der Waals surface area contributed by atoms with E-state index >= 15 is 0 Å². The van der Waals surface area contributed by atoms with Crippen molar-refractivity contribution in [3.8, 4) is 0 Å². The van der Waals surface area contributed by atoms with E-state index in [4.69, 9.17) is 0 Å². The molecule has 1 fully saturated rings. The summed E-state index contributed by atoms with van der Waals surface area (Å²) in [6.45, 7) is 4.96. The van der Waals surface area contributed by atoms with Crippen LogP contribution in [0.15, 0.2) is 41.8 Å². The second-order valence-electron chi connectivity index (χ2n) is 6.20. The number of carbonyl (C=O) groups excluding carboxylic acids is 1. The third-order valence-corrected chi connectivity index (χ3v) is 5.45. The van der Waals surface area contributed by atoms with E-state index in [1.807, 2.05) is 31.2 Å². The molecule has 4 heteroatoms. The summed E-state index contributed by atoms with van der Waals surface area (Å²) < 4.78 is 0. The van der Waals surface area contributed by atoms with Crippen LogP contribution in [0.1, 0.15) is 46.1 Å². The van der Waals surface area contributed by atoms with Crippen LogP contribution in [-0.2, 0) is 0 Å². The molecule has 1 saturated heterocycles. The van der Waals surface area contributed by atoms with Crippen LogP contribution in [-0.4, -0.2) is 30.4 Å². The van der Waals surface area contributed by atoms with Crippen molar-refractivity contribution in [1.29, 1.82) is 0 Å². The van der Waals surface area contributed by atoms with Gasteiger partial charge in [0.2, 0.25) is 0 Å². The number of benzene rings is 1. The van der Waals surface area contributed by atoms with Crippen molar-refractivity contribution in [2.24, 2.45) is 0 Å². The maximum atomic E-state index is 12.4. The highest BCUT2D eigenvalue weighted by Gasteiger charge is 2.23. The molecule has 0 aliphatic carbocycles. The first-order valence-electron chi connectivity index (χ1n) is 8.36. The quantitative estimate of drug-likeness (QED) is 0.899. The molecule has 3 nitrogen and oxygen atoms in total. The zero-order valence-corrected chi connectivity index (χ0v) is 14.4. The van der Waals surface area contributed by atoms with Crippen molar-refractivity contribution < 1.29 is 4.79 Å². The Bertz CT molecular complexity index is 615. The molecule has 2 heterocycles. The third-order valence-electron chi connectivity index (χ3n) is 4.47. The van der Waals surface area contributed by atoms with Gasteiger partial charge in [-0.1, -0.05) is 30.2 Å². The molecule has 0 unspecified atom stereocenters. The predicted molar refractivity (Wildman–Crippen MR) is 96.0 cm³/mol. The average Bonchev–Trinajstić information content (AvgIpc) is 3.11. The van der Waals surface area contributed by atoms with Crippen LogP contribution in [0.4, 0.5) is 0 Å². The van der Waals surface area contributed by atoms with Gasteiger partial charge in [0.25, 0.3) is 5.91 Å². The molecule has 2 aromatic rings. The summed E-state index contributed by atoms with van der Waals surface area (Å²) in [7, 11) is 0. The van der Waals surface area contributed by atoms with E-state index in [0.29, 0.717) is 12.6 Å². The summed E-state index contributed by atoms with van der Waals surface area (Å²) in [4.78, 5) is 16.2. The fourth-order valence-electron chi connectivity index (χ4n) is 3.12. The minimum absolute atomic E-state index is 0.0172. The first-order valence-corrected chi connectivity index (χ1v) is 9.24. The Morgan fingerprint density at radius 2 is 1.91 bits per heavy atom. The summed E-state index contributed by atoms with van der Waals surface area (Å²) in [5.74, 6) is 0.0172. The maximum Gasteiger partial charge on any atom is 0.251 e. The van der Waals surface area contributed by atoms with Crippen LogP contribution in [0.25, 0.3) is 0 Å². The van der Waals surface area contributed by atoms with Gasteiger partial charge in [0.15, 0.2) is 0 Å². The van der Waals surface area contributed by atoms with Gasteiger partial charge in [-0.15, -0.1) is 11.3 Å². The second kappa shape index (κ2) is 7.75. The smallest absolute Gasteiger partial charge is 0.251 e. The number of nitrogens with zero attached hydrogens (tertiary/aromatic N) is 1. The number of aryl methyl sites for hydroxylation is 1. The zero-order valence-electron chi connectivity index (χ0n) is 13.6. The Balaban J connectivity index is 1.66. The van der Waals surface area contributed by atoms with Crippen LogP contribution in [0, 0.1) is 6.92 Å². The minimum Gasteiger partial charge on any atom is -0.350 e. The van der Waals surface area contributed by atoms with Gasteiger partial charge in [0.05, 0.1) is 6.04 Å².